The van der Waals surface area contributed by atoms with Crippen molar-refractivity contribution < 1.29 is 14.3 Å². The van der Waals surface area contributed by atoms with E-state index in [0.29, 0.717) is 18.6 Å². The molecule has 3 aliphatic rings. The van der Waals surface area contributed by atoms with Gasteiger partial charge >= 0.3 is 0 Å². The van der Waals surface area contributed by atoms with Crippen LogP contribution in [0.2, 0.25) is 0 Å². The maximum absolute atomic E-state index is 12.7. The molecule has 2 aliphatic heterocycles. The van der Waals surface area contributed by atoms with E-state index in [2.05, 4.69) is 17.0 Å². The SMILES string of the molecule is NC(=O)C1CCCN1C1CCN(C(=O)CCc2cccc(OC3CCCC3)c2)CC1. The Kier molecular flexibility index (Phi) is 6.93. The number of piperidine rings is 1. The molecule has 3 fully saturated rings. The minimum atomic E-state index is -0.204. The lowest BCUT2D eigenvalue weighted by molar-refractivity contribution is -0.133. The van der Waals surface area contributed by atoms with Crippen LogP contribution in [-0.2, 0) is 16.0 Å². The molecule has 1 saturated carbocycles. The zero-order valence-corrected chi connectivity index (χ0v) is 17.9. The molecular formula is C24H35N3O3. The molecule has 164 valence electrons. The van der Waals surface area contributed by atoms with Gasteiger partial charge in [-0.2, -0.15) is 0 Å². The molecule has 1 aliphatic carbocycles. The molecule has 2 saturated heterocycles. The minimum absolute atomic E-state index is 0.115. The summed E-state index contributed by atoms with van der Waals surface area (Å²) in [4.78, 5) is 28.7. The summed E-state index contributed by atoms with van der Waals surface area (Å²) >= 11 is 0. The number of hydrogen-bond donors (Lipinski definition) is 1. The summed E-state index contributed by atoms with van der Waals surface area (Å²) in [6.45, 7) is 2.50. The van der Waals surface area contributed by atoms with Crippen LogP contribution in [-0.4, -0.2) is 59.4 Å². The van der Waals surface area contributed by atoms with Crippen LogP contribution in [0.25, 0.3) is 0 Å². The Balaban J connectivity index is 1.23. The van der Waals surface area contributed by atoms with Gasteiger partial charge in [-0.25, -0.2) is 0 Å². The Morgan fingerprint density at radius 2 is 1.77 bits per heavy atom. The van der Waals surface area contributed by atoms with E-state index in [1.54, 1.807) is 0 Å². The smallest absolute Gasteiger partial charge is 0.234 e. The number of nitrogens with two attached hydrogens (primary N) is 1. The van der Waals surface area contributed by atoms with Crippen molar-refractivity contribution >= 4 is 11.8 Å². The largest absolute Gasteiger partial charge is 0.490 e. The zero-order valence-electron chi connectivity index (χ0n) is 17.9. The fourth-order valence-corrected chi connectivity index (χ4v) is 5.36. The van der Waals surface area contributed by atoms with Crippen LogP contribution in [0.5, 0.6) is 5.75 Å². The van der Waals surface area contributed by atoms with E-state index in [1.165, 1.54) is 12.8 Å². The lowest BCUT2D eigenvalue weighted by Crippen LogP contribution is -2.51. The van der Waals surface area contributed by atoms with E-state index in [4.69, 9.17) is 10.5 Å². The van der Waals surface area contributed by atoms with Gasteiger partial charge < -0.3 is 15.4 Å². The second-order valence-corrected chi connectivity index (χ2v) is 9.08. The van der Waals surface area contributed by atoms with Crippen LogP contribution in [0, 0.1) is 0 Å². The molecule has 6 heteroatoms. The number of amides is 2. The van der Waals surface area contributed by atoms with Gasteiger partial charge in [-0.05, 0) is 82.0 Å². The van der Waals surface area contributed by atoms with E-state index >= 15 is 0 Å². The number of benzene rings is 1. The number of nitrogens with zero attached hydrogens (tertiary/aromatic N) is 2. The Hall–Kier alpha value is -2.08. The van der Waals surface area contributed by atoms with E-state index < -0.39 is 0 Å². The fourth-order valence-electron chi connectivity index (χ4n) is 5.36. The number of carbonyl (C=O) groups is 2. The molecule has 1 aromatic rings. The van der Waals surface area contributed by atoms with Crippen LogP contribution in [0.1, 0.15) is 63.4 Å². The highest BCUT2D eigenvalue weighted by Gasteiger charge is 2.36. The van der Waals surface area contributed by atoms with E-state index in [9.17, 15) is 9.59 Å². The third-order valence-electron chi connectivity index (χ3n) is 7.04. The second-order valence-electron chi connectivity index (χ2n) is 9.08. The number of likely N-dealkylation sites (tertiary alicyclic amines) is 2. The third-order valence-corrected chi connectivity index (χ3v) is 7.04. The highest BCUT2D eigenvalue weighted by Crippen LogP contribution is 2.27. The highest BCUT2D eigenvalue weighted by atomic mass is 16.5. The standard InChI is InChI=1S/C24H35N3O3/c25-24(29)22-9-4-14-27(22)19-12-15-26(16-13-19)23(28)11-10-18-5-3-8-21(17-18)30-20-6-1-2-7-20/h3,5,8,17,19-20,22H,1-2,4,6-7,9-16H2,(H2,25,29). The summed E-state index contributed by atoms with van der Waals surface area (Å²) in [5, 5.41) is 0. The first-order valence-electron chi connectivity index (χ1n) is 11.7. The predicted molar refractivity (Wildman–Crippen MR) is 116 cm³/mol. The Labute approximate surface area is 179 Å². The molecule has 0 bridgehead atoms. The third kappa shape index (κ3) is 5.15. The number of aryl methyl sites for hydroxylation is 1. The summed E-state index contributed by atoms with van der Waals surface area (Å²) in [5.41, 5.74) is 6.73. The number of hydrogen-bond acceptors (Lipinski definition) is 4. The molecule has 2 heterocycles. The minimum Gasteiger partial charge on any atom is -0.490 e. The molecule has 0 radical (unpaired) electrons. The molecule has 4 rings (SSSR count). The second kappa shape index (κ2) is 9.82. The van der Waals surface area contributed by atoms with Gasteiger partial charge in [-0.15, -0.1) is 0 Å². The van der Waals surface area contributed by atoms with Crippen molar-refractivity contribution in [2.24, 2.45) is 5.73 Å². The zero-order chi connectivity index (χ0) is 20.9. The maximum Gasteiger partial charge on any atom is 0.234 e. The molecular weight excluding hydrogens is 378 g/mol. The van der Waals surface area contributed by atoms with Crippen molar-refractivity contribution in [1.82, 2.24) is 9.80 Å². The summed E-state index contributed by atoms with van der Waals surface area (Å²) in [7, 11) is 0. The molecule has 2 amide bonds. The van der Waals surface area contributed by atoms with E-state index in [-0.39, 0.29) is 17.9 Å². The van der Waals surface area contributed by atoms with Crippen molar-refractivity contribution in [3.05, 3.63) is 29.8 Å². The number of primary amides is 1. The van der Waals surface area contributed by atoms with Gasteiger partial charge in [0.2, 0.25) is 11.8 Å². The molecule has 30 heavy (non-hydrogen) atoms. The lowest BCUT2D eigenvalue weighted by Gasteiger charge is -2.38. The predicted octanol–water partition coefficient (Wildman–Crippen LogP) is 2.88. The van der Waals surface area contributed by atoms with Crippen LogP contribution >= 0.6 is 0 Å². The summed E-state index contributed by atoms with van der Waals surface area (Å²) < 4.78 is 6.09. The van der Waals surface area contributed by atoms with Gasteiger partial charge in [0.15, 0.2) is 0 Å². The van der Waals surface area contributed by atoms with Crippen molar-refractivity contribution in [2.75, 3.05) is 19.6 Å². The van der Waals surface area contributed by atoms with Crippen LogP contribution in [0.15, 0.2) is 24.3 Å². The number of rotatable bonds is 7. The average Bonchev–Trinajstić information content (AvgIpc) is 3.44. The first-order chi connectivity index (χ1) is 14.6. The topological polar surface area (TPSA) is 75.9 Å². The van der Waals surface area contributed by atoms with Crippen LogP contribution < -0.4 is 10.5 Å². The first-order valence-corrected chi connectivity index (χ1v) is 11.7. The molecule has 1 aromatic carbocycles. The summed E-state index contributed by atoms with van der Waals surface area (Å²) in [5.74, 6) is 0.955. The summed E-state index contributed by atoms with van der Waals surface area (Å²) in [6.07, 6.45) is 10.2. The molecule has 0 spiro atoms. The molecule has 1 unspecified atom stereocenters. The average molecular weight is 414 g/mol. The maximum atomic E-state index is 12.7. The normalized spacial score (nSPS) is 23.7. The number of ether oxygens (including phenoxy) is 1. The van der Waals surface area contributed by atoms with Crippen molar-refractivity contribution in [1.29, 1.82) is 0 Å². The highest BCUT2D eigenvalue weighted by molar-refractivity contribution is 5.80. The van der Waals surface area contributed by atoms with Gasteiger partial charge in [0.1, 0.15) is 5.75 Å². The first kappa shape index (κ1) is 21.2. The fraction of sp³-hybridized carbons (Fsp3) is 0.667. The van der Waals surface area contributed by atoms with Crippen molar-refractivity contribution in [3.63, 3.8) is 0 Å². The van der Waals surface area contributed by atoms with E-state index in [0.717, 1.165) is 75.9 Å². The molecule has 2 N–H and O–H groups in total. The van der Waals surface area contributed by atoms with Gasteiger partial charge in [-0.1, -0.05) is 12.1 Å². The Bertz CT molecular complexity index is 739. The Morgan fingerprint density at radius 3 is 2.50 bits per heavy atom. The van der Waals surface area contributed by atoms with Crippen LogP contribution in [0.4, 0.5) is 0 Å². The van der Waals surface area contributed by atoms with Gasteiger partial charge in [0.25, 0.3) is 0 Å². The molecule has 6 nitrogen and oxygen atoms in total. The van der Waals surface area contributed by atoms with Gasteiger partial charge in [-0.3, -0.25) is 14.5 Å². The Morgan fingerprint density at radius 1 is 1.00 bits per heavy atom. The monoisotopic (exact) mass is 413 g/mol. The van der Waals surface area contributed by atoms with E-state index in [1.807, 2.05) is 17.0 Å². The quantitative estimate of drug-likeness (QED) is 0.746. The summed E-state index contributed by atoms with van der Waals surface area (Å²) in [6, 6.07) is 8.48. The van der Waals surface area contributed by atoms with Crippen molar-refractivity contribution in [3.8, 4) is 5.75 Å². The van der Waals surface area contributed by atoms with Gasteiger partial charge in [0, 0.05) is 25.6 Å². The van der Waals surface area contributed by atoms with Gasteiger partial charge in [0.05, 0.1) is 12.1 Å². The molecule has 1 atom stereocenters. The van der Waals surface area contributed by atoms with Crippen LogP contribution in [0.3, 0.4) is 0 Å². The number of carbonyl (C=O) groups excluding carboxylic acids is 2. The molecule has 0 aromatic heterocycles. The van der Waals surface area contributed by atoms with Crippen molar-refractivity contribution in [2.45, 2.75) is 82.4 Å². The lowest BCUT2D eigenvalue weighted by atomic mass is 10.0.